The molecule has 3 heteroatoms. The van der Waals surface area contributed by atoms with Crippen LogP contribution in [0.4, 0.5) is 0 Å². The van der Waals surface area contributed by atoms with Crippen LogP contribution in [0.1, 0.15) is 62.8 Å². The molecule has 0 spiro atoms. The predicted molar refractivity (Wildman–Crippen MR) is 105 cm³/mol. The molecule has 0 aromatic heterocycles. The minimum atomic E-state index is -0.199. The maximum Gasteiger partial charge on any atom is 0.224 e. The number of hydrogen-bond donors (Lipinski definition) is 1. The molecule has 3 nitrogen and oxygen atoms in total. The molecule has 0 saturated carbocycles. The maximum atomic E-state index is 12.7. The number of carbonyl (C=O) groups excluding carboxylic acids is 1. The molecule has 0 aliphatic carbocycles. The Morgan fingerprint density at radius 3 is 2.35 bits per heavy atom. The lowest BCUT2D eigenvalue weighted by Crippen LogP contribution is -2.44. The van der Waals surface area contributed by atoms with Crippen molar-refractivity contribution < 1.29 is 9.53 Å². The summed E-state index contributed by atoms with van der Waals surface area (Å²) < 4.78 is 6.32. The number of aryl methyl sites for hydroxylation is 1. The van der Waals surface area contributed by atoms with E-state index in [9.17, 15) is 4.79 Å². The van der Waals surface area contributed by atoms with E-state index < -0.39 is 0 Å². The number of fused-ring (bicyclic) bond motifs is 1. The molecule has 2 aromatic rings. The Kier molecular flexibility index (Phi) is 5.65. The van der Waals surface area contributed by atoms with Crippen LogP contribution in [-0.4, -0.2) is 11.5 Å². The van der Waals surface area contributed by atoms with E-state index in [-0.39, 0.29) is 17.6 Å². The summed E-state index contributed by atoms with van der Waals surface area (Å²) in [6.45, 7) is 6.45. The van der Waals surface area contributed by atoms with Gasteiger partial charge in [0.15, 0.2) is 0 Å². The summed E-state index contributed by atoms with van der Waals surface area (Å²) in [6, 6.07) is 16.4. The fourth-order valence-electron chi connectivity index (χ4n) is 3.75. The lowest BCUT2D eigenvalue weighted by atomic mass is 9.83. The first-order valence-electron chi connectivity index (χ1n) is 9.74. The van der Waals surface area contributed by atoms with E-state index in [2.05, 4.69) is 56.4 Å². The number of benzene rings is 2. The number of rotatable bonds is 6. The summed E-state index contributed by atoms with van der Waals surface area (Å²) in [5.41, 5.74) is 3.23. The fourth-order valence-corrected chi connectivity index (χ4v) is 3.75. The summed E-state index contributed by atoms with van der Waals surface area (Å²) in [5, 5.41) is 3.26. The highest BCUT2D eigenvalue weighted by Crippen LogP contribution is 2.42. The molecule has 1 heterocycles. The summed E-state index contributed by atoms with van der Waals surface area (Å²) in [7, 11) is 0. The highest BCUT2D eigenvalue weighted by Gasteiger charge is 2.38. The van der Waals surface area contributed by atoms with Crippen LogP contribution in [0, 0.1) is 0 Å². The molecule has 0 bridgehead atoms. The third-order valence-electron chi connectivity index (χ3n) is 5.62. The van der Waals surface area contributed by atoms with Gasteiger partial charge in [0, 0.05) is 12.0 Å². The average molecular weight is 351 g/mol. The van der Waals surface area contributed by atoms with Gasteiger partial charge < -0.3 is 10.1 Å². The van der Waals surface area contributed by atoms with Crippen molar-refractivity contribution >= 4 is 5.91 Å². The lowest BCUT2D eigenvalue weighted by Gasteiger charge is -2.41. The van der Waals surface area contributed by atoms with Gasteiger partial charge in [-0.05, 0) is 36.5 Å². The number of carbonyl (C=O) groups is 1. The summed E-state index contributed by atoms with van der Waals surface area (Å²) in [5.74, 6) is 0.970. The summed E-state index contributed by atoms with van der Waals surface area (Å²) in [6.07, 6.45) is 4.11. The zero-order valence-corrected chi connectivity index (χ0v) is 16.0. The van der Waals surface area contributed by atoms with Crippen LogP contribution in [-0.2, 0) is 17.6 Å². The second-order valence-corrected chi connectivity index (χ2v) is 7.20. The van der Waals surface area contributed by atoms with Gasteiger partial charge in [-0.1, -0.05) is 63.2 Å². The van der Waals surface area contributed by atoms with Crippen LogP contribution in [0.15, 0.2) is 48.5 Å². The molecule has 1 atom stereocenters. The van der Waals surface area contributed by atoms with E-state index in [1.165, 1.54) is 5.56 Å². The second kappa shape index (κ2) is 7.94. The highest BCUT2D eigenvalue weighted by molar-refractivity contribution is 5.79. The standard InChI is InChI=1S/C23H29NO2/c1-4-17-11-13-18(14-12-17)15-22(25)24-20-16-23(5-2,6-3)26-21-10-8-7-9-19(20)21/h7-14,20H,4-6,15-16H2,1-3H3,(H,24,25). The van der Waals surface area contributed by atoms with E-state index >= 15 is 0 Å². The zero-order chi connectivity index (χ0) is 18.6. The first-order chi connectivity index (χ1) is 12.6. The predicted octanol–water partition coefficient (Wildman–Crippen LogP) is 4.99. The monoisotopic (exact) mass is 351 g/mol. The Morgan fingerprint density at radius 2 is 1.69 bits per heavy atom. The molecule has 1 unspecified atom stereocenters. The molecule has 3 rings (SSSR count). The molecular formula is C23H29NO2. The van der Waals surface area contributed by atoms with Gasteiger partial charge in [-0.2, -0.15) is 0 Å². The average Bonchev–Trinajstić information content (AvgIpc) is 2.68. The van der Waals surface area contributed by atoms with Crippen LogP contribution >= 0.6 is 0 Å². The topological polar surface area (TPSA) is 38.3 Å². The minimum absolute atomic E-state index is 0.00210. The largest absolute Gasteiger partial charge is 0.487 e. The van der Waals surface area contributed by atoms with Crippen LogP contribution in [0.25, 0.3) is 0 Å². The number of nitrogens with one attached hydrogen (secondary N) is 1. The first-order valence-corrected chi connectivity index (χ1v) is 9.74. The molecule has 1 aliphatic rings. The van der Waals surface area contributed by atoms with E-state index in [0.29, 0.717) is 6.42 Å². The smallest absolute Gasteiger partial charge is 0.224 e. The Hall–Kier alpha value is -2.29. The van der Waals surface area contributed by atoms with Crippen molar-refractivity contribution in [3.8, 4) is 5.75 Å². The second-order valence-electron chi connectivity index (χ2n) is 7.20. The van der Waals surface area contributed by atoms with Crippen molar-refractivity contribution in [1.29, 1.82) is 0 Å². The molecule has 0 fully saturated rings. The van der Waals surface area contributed by atoms with Crippen molar-refractivity contribution in [2.45, 2.75) is 64.5 Å². The molecule has 2 aromatic carbocycles. The molecule has 1 amide bonds. The molecule has 1 aliphatic heterocycles. The van der Waals surface area contributed by atoms with E-state index in [4.69, 9.17) is 4.74 Å². The maximum absolute atomic E-state index is 12.7. The van der Waals surface area contributed by atoms with E-state index in [1.54, 1.807) is 0 Å². The SMILES string of the molecule is CCc1ccc(CC(=O)NC2CC(CC)(CC)Oc3ccccc32)cc1. The van der Waals surface area contributed by atoms with Crippen LogP contribution in [0.5, 0.6) is 5.75 Å². The Balaban J connectivity index is 1.75. The molecule has 1 N–H and O–H groups in total. The van der Waals surface area contributed by atoms with Gasteiger partial charge in [-0.25, -0.2) is 0 Å². The van der Waals surface area contributed by atoms with Crippen molar-refractivity contribution in [2.24, 2.45) is 0 Å². The molecule has 0 radical (unpaired) electrons. The number of para-hydroxylation sites is 1. The van der Waals surface area contributed by atoms with Crippen molar-refractivity contribution in [1.82, 2.24) is 5.32 Å². The van der Waals surface area contributed by atoms with Gasteiger partial charge in [-0.3, -0.25) is 4.79 Å². The summed E-state index contributed by atoms with van der Waals surface area (Å²) in [4.78, 5) is 12.7. The van der Waals surface area contributed by atoms with Crippen LogP contribution < -0.4 is 10.1 Å². The van der Waals surface area contributed by atoms with E-state index in [1.807, 2.05) is 18.2 Å². The summed E-state index contributed by atoms with van der Waals surface area (Å²) >= 11 is 0. The normalized spacial score (nSPS) is 17.9. The third kappa shape index (κ3) is 3.92. The van der Waals surface area contributed by atoms with Gasteiger partial charge in [0.1, 0.15) is 11.4 Å². The quantitative estimate of drug-likeness (QED) is 0.796. The Morgan fingerprint density at radius 1 is 1.04 bits per heavy atom. The first kappa shape index (κ1) is 18.5. The zero-order valence-electron chi connectivity index (χ0n) is 16.0. The van der Waals surface area contributed by atoms with Gasteiger partial charge in [0.2, 0.25) is 5.91 Å². The molecule has 26 heavy (non-hydrogen) atoms. The van der Waals surface area contributed by atoms with Gasteiger partial charge in [0.25, 0.3) is 0 Å². The number of amides is 1. The minimum Gasteiger partial charge on any atom is -0.487 e. The van der Waals surface area contributed by atoms with Gasteiger partial charge in [0.05, 0.1) is 12.5 Å². The molecule has 0 saturated heterocycles. The van der Waals surface area contributed by atoms with Crippen LogP contribution in [0.2, 0.25) is 0 Å². The van der Waals surface area contributed by atoms with Crippen molar-refractivity contribution in [2.75, 3.05) is 0 Å². The molecular weight excluding hydrogens is 322 g/mol. The van der Waals surface area contributed by atoms with Gasteiger partial charge >= 0.3 is 0 Å². The van der Waals surface area contributed by atoms with Crippen LogP contribution in [0.3, 0.4) is 0 Å². The highest BCUT2D eigenvalue weighted by atomic mass is 16.5. The third-order valence-corrected chi connectivity index (χ3v) is 5.62. The molecule has 138 valence electrons. The fraction of sp³-hybridized carbons (Fsp3) is 0.435. The van der Waals surface area contributed by atoms with Crippen molar-refractivity contribution in [3.63, 3.8) is 0 Å². The Labute approximate surface area is 156 Å². The number of ether oxygens (including phenoxy) is 1. The van der Waals surface area contributed by atoms with E-state index in [0.717, 1.165) is 42.6 Å². The number of hydrogen-bond acceptors (Lipinski definition) is 2. The lowest BCUT2D eigenvalue weighted by molar-refractivity contribution is -0.121. The Bertz CT molecular complexity index is 747. The van der Waals surface area contributed by atoms with Gasteiger partial charge in [-0.15, -0.1) is 0 Å². The van der Waals surface area contributed by atoms with Crippen molar-refractivity contribution in [3.05, 3.63) is 65.2 Å².